The van der Waals surface area contributed by atoms with Crippen LogP contribution in [-0.4, -0.2) is 31.7 Å². The summed E-state index contributed by atoms with van der Waals surface area (Å²) in [5.74, 6) is 1.48. The third-order valence-corrected chi connectivity index (χ3v) is 4.87. The highest BCUT2D eigenvalue weighted by Gasteiger charge is 2.18. The van der Waals surface area contributed by atoms with Crippen LogP contribution in [0.3, 0.4) is 0 Å². The SMILES string of the molecule is COc1cc(OC)c(OC)cc1C=CC(=O)c1c(Cl)n(C)c2ccccc12. The van der Waals surface area contributed by atoms with Gasteiger partial charge in [0.25, 0.3) is 0 Å². The molecule has 0 amide bonds. The van der Waals surface area contributed by atoms with Crippen LogP contribution in [0.4, 0.5) is 0 Å². The molecule has 0 saturated heterocycles. The van der Waals surface area contributed by atoms with Gasteiger partial charge in [-0.25, -0.2) is 0 Å². The van der Waals surface area contributed by atoms with E-state index in [0.29, 0.717) is 33.5 Å². The van der Waals surface area contributed by atoms with E-state index in [1.165, 1.54) is 6.08 Å². The predicted octanol–water partition coefficient (Wildman–Crippen LogP) is 4.75. The molecule has 0 bridgehead atoms. The third-order valence-electron chi connectivity index (χ3n) is 4.43. The summed E-state index contributed by atoms with van der Waals surface area (Å²) in [4.78, 5) is 12.9. The number of halogens is 1. The van der Waals surface area contributed by atoms with E-state index in [2.05, 4.69) is 0 Å². The van der Waals surface area contributed by atoms with E-state index in [1.54, 1.807) is 44.1 Å². The number of fused-ring (bicyclic) bond motifs is 1. The van der Waals surface area contributed by atoms with Crippen LogP contribution in [0.15, 0.2) is 42.5 Å². The fourth-order valence-corrected chi connectivity index (χ4v) is 3.31. The van der Waals surface area contributed by atoms with Gasteiger partial charge in [-0.2, -0.15) is 0 Å². The van der Waals surface area contributed by atoms with E-state index >= 15 is 0 Å². The van der Waals surface area contributed by atoms with Crippen LogP contribution in [0.5, 0.6) is 17.2 Å². The molecule has 0 radical (unpaired) electrons. The molecule has 0 N–H and O–H groups in total. The maximum absolute atomic E-state index is 12.9. The number of ketones is 1. The largest absolute Gasteiger partial charge is 0.496 e. The molecule has 0 unspecified atom stereocenters. The minimum Gasteiger partial charge on any atom is -0.496 e. The smallest absolute Gasteiger partial charge is 0.189 e. The first kappa shape index (κ1) is 18.9. The topological polar surface area (TPSA) is 49.7 Å². The molecule has 3 rings (SSSR count). The van der Waals surface area contributed by atoms with Gasteiger partial charge >= 0.3 is 0 Å². The minimum atomic E-state index is -0.186. The van der Waals surface area contributed by atoms with Crippen molar-refractivity contribution in [2.45, 2.75) is 0 Å². The van der Waals surface area contributed by atoms with E-state index in [-0.39, 0.29) is 5.78 Å². The van der Waals surface area contributed by atoms with Crippen LogP contribution in [0, 0.1) is 0 Å². The van der Waals surface area contributed by atoms with Crippen LogP contribution >= 0.6 is 11.6 Å². The van der Waals surface area contributed by atoms with Crippen LogP contribution < -0.4 is 14.2 Å². The molecule has 3 aromatic rings. The Bertz CT molecular complexity index is 1040. The van der Waals surface area contributed by atoms with Crippen molar-refractivity contribution in [3.05, 3.63) is 58.8 Å². The zero-order valence-electron chi connectivity index (χ0n) is 15.6. The molecule has 0 aliphatic rings. The number of hydrogen-bond acceptors (Lipinski definition) is 4. The summed E-state index contributed by atoms with van der Waals surface area (Å²) >= 11 is 6.41. The van der Waals surface area contributed by atoms with Gasteiger partial charge in [0.05, 0.1) is 26.9 Å². The monoisotopic (exact) mass is 385 g/mol. The Morgan fingerprint density at radius 3 is 2.30 bits per heavy atom. The van der Waals surface area contributed by atoms with Gasteiger partial charge in [0.2, 0.25) is 0 Å². The third kappa shape index (κ3) is 3.38. The quantitative estimate of drug-likeness (QED) is 0.453. The fourth-order valence-electron chi connectivity index (χ4n) is 3.03. The molecule has 0 aliphatic carbocycles. The second-order valence-corrected chi connectivity index (χ2v) is 6.25. The highest BCUT2D eigenvalue weighted by atomic mass is 35.5. The van der Waals surface area contributed by atoms with Crippen molar-refractivity contribution < 1.29 is 19.0 Å². The summed E-state index contributed by atoms with van der Waals surface area (Å²) < 4.78 is 17.8. The van der Waals surface area contributed by atoms with Gasteiger partial charge in [-0.15, -0.1) is 0 Å². The molecule has 5 nitrogen and oxygen atoms in total. The van der Waals surface area contributed by atoms with Gasteiger partial charge in [-0.1, -0.05) is 29.8 Å². The number of benzene rings is 2. The first-order valence-corrected chi connectivity index (χ1v) is 8.65. The van der Waals surface area contributed by atoms with E-state index in [0.717, 1.165) is 10.9 Å². The first-order valence-electron chi connectivity index (χ1n) is 8.27. The molecular weight excluding hydrogens is 366 g/mol. The zero-order chi connectivity index (χ0) is 19.6. The zero-order valence-corrected chi connectivity index (χ0v) is 16.3. The summed E-state index contributed by atoms with van der Waals surface area (Å²) in [6, 6.07) is 11.1. The molecule has 140 valence electrons. The number of rotatable bonds is 6. The molecule has 0 atom stereocenters. The number of carbonyl (C=O) groups is 1. The number of allylic oxidation sites excluding steroid dienone is 1. The Balaban J connectivity index is 2.02. The number of ether oxygens (including phenoxy) is 3. The number of nitrogens with zero attached hydrogens (tertiary/aromatic N) is 1. The Labute approximate surface area is 162 Å². The van der Waals surface area contributed by atoms with Gasteiger partial charge in [0.15, 0.2) is 17.3 Å². The van der Waals surface area contributed by atoms with Crippen molar-refractivity contribution in [1.82, 2.24) is 4.57 Å². The van der Waals surface area contributed by atoms with Crippen LogP contribution in [0.25, 0.3) is 17.0 Å². The van der Waals surface area contributed by atoms with Gasteiger partial charge < -0.3 is 18.8 Å². The van der Waals surface area contributed by atoms with Gasteiger partial charge in [0, 0.05) is 29.6 Å². The van der Waals surface area contributed by atoms with Crippen molar-refractivity contribution in [3.63, 3.8) is 0 Å². The number of hydrogen-bond donors (Lipinski definition) is 0. The van der Waals surface area contributed by atoms with Crippen LogP contribution in [0.1, 0.15) is 15.9 Å². The number of methoxy groups -OCH3 is 3. The molecule has 0 aliphatic heterocycles. The molecule has 1 heterocycles. The van der Waals surface area contributed by atoms with E-state index in [1.807, 2.05) is 31.3 Å². The summed E-state index contributed by atoms with van der Waals surface area (Å²) in [7, 11) is 6.50. The summed E-state index contributed by atoms with van der Waals surface area (Å²) in [5.41, 5.74) is 2.08. The molecule has 1 aromatic heterocycles. The lowest BCUT2D eigenvalue weighted by molar-refractivity contribution is 0.104. The fraction of sp³-hybridized carbons (Fsp3) is 0.190. The number of para-hydroxylation sites is 1. The number of aromatic nitrogens is 1. The average Bonchev–Trinajstić information content (AvgIpc) is 2.96. The predicted molar refractivity (Wildman–Crippen MR) is 107 cm³/mol. The van der Waals surface area contributed by atoms with E-state index < -0.39 is 0 Å². The van der Waals surface area contributed by atoms with Crippen molar-refractivity contribution >= 4 is 34.4 Å². The first-order chi connectivity index (χ1) is 13.0. The van der Waals surface area contributed by atoms with Crippen molar-refractivity contribution in [3.8, 4) is 17.2 Å². The Hall–Kier alpha value is -2.92. The molecule has 6 heteroatoms. The molecular formula is C21H20ClNO4. The summed E-state index contributed by atoms with van der Waals surface area (Å²) in [6.45, 7) is 0. The van der Waals surface area contributed by atoms with E-state index in [4.69, 9.17) is 25.8 Å². The van der Waals surface area contributed by atoms with Gasteiger partial charge in [-0.3, -0.25) is 4.79 Å². The lowest BCUT2D eigenvalue weighted by Crippen LogP contribution is -1.97. The molecule has 0 fully saturated rings. The number of aryl methyl sites for hydroxylation is 1. The minimum absolute atomic E-state index is 0.186. The van der Waals surface area contributed by atoms with Crippen molar-refractivity contribution in [1.29, 1.82) is 0 Å². The Morgan fingerprint density at radius 2 is 1.63 bits per heavy atom. The van der Waals surface area contributed by atoms with Gasteiger partial charge in [-0.05, 0) is 24.3 Å². The maximum Gasteiger partial charge on any atom is 0.189 e. The van der Waals surface area contributed by atoms with Crippen molar-refractivity contribution in [2.24, 2.45) is 7.05 Å². The highest BCUT2D eigenvalue weighted by Crippen LogP contribution is 2.35. The van der Waals surface area contributed by atoms with E-state index in [9.17, 15) is 4.79 Å². The lowest BCUT2D eigenvalue weighted by Gasteiger charge is -2.12. The van der Waals surface area contributed by atoms with Crippen LogP contribution in [-0.2, 0) is 7.05 Å². The lowest BCUT2D eigenvalue weighted by atomic mass is 10.1. The highest BCUT2D eigenvalue weighted by molar-refractivity contribution is 6.36. The average molecular weight is 386 g/mol. The van der Waals surface area contributed by atoms with Gasteiger partial charge in [0.1, 0.15) is 10.9 Å². The van der Waals surface area contributed by atoms with Crippen LogP contribution in [0.2, 0.25) is 5.15 Å². The number of carbonyl (C=O) groups excluding carboxylic acids is 1. The molecule has 0 saturated carbocycles. The summed E-state index contributed by atoms with van der Waals surface area (Å²) in [5, 5.41) is 1.23. The maximum atomic E-state index is 12.9. The molecule has 0 spiro atoms. The normalized spacial score (nSPS) is 11.1. The molecule has 2 aromatic carbocycles. The summed E-state index contributed by atoms with van der Waals surface area (Å²) in [6.07, 6.45) is 3.17. The Morgan fingerprint density at radius 1 is 1.00 bits per heavy atom. The second kappa shape index (κ2) is 7.76. The van der Waals surface area contributed by atoms with Crippen molar-refractivity contribution in [2.75, 3.05) is 21.3 Å². The molecule has 27 heavy (non-hydrogen) atoms. The standard InChI is InChI=1S/C21H20ClNO4/c1-23-15-8-6-5-7-14(15)20(21(23)22)16(24)10-9-13-11-18(26-3)19(27-4)12-17(13)25-2/h5-12H,1-4H3. The Kier molecular flexibility index (Phi) is 5.42. The second-order valence-electron chi connectivity index (χ2n) is 5.89.